The van der Waals surface area contributed by atoms with Crippen LogP contribution in [0, 0.1) is 10.1 Å². The fourth-order valence-electron chi connectivity index (χ4n) is 1.43. The van der Waals surface area contributed by atoms with Crippen LogP contribution in [-0.4, -0.2) is 16.6 Å². The maximum atomic E-state index is 11.5. The van der Waals surface area contributed by atoms with Gasteiger partial charge in [0.2, 0.25) is 0 Å². The minimum absolute atomic E-state index is 0.0961. The van der Waals surface area contributed by atoms with Gasteiger partial charge in [-0.1, -0.05) is 19.4 Å². The van der Waals surface area contributed by atoms with Gasteiger partial charge in [0.15, 0.2) is 5.11 Å². The fourth-order valence-corrected chi connectivity index (χ4v) is 1.61. The second-order valence-electron chi connectivity index (χ2n) is 4.01. The van der Waals surface area contributed by atoms with Crippen LogP contribution < -0.4 is 15.7 Å². The molecule has 0 amide bonds. The molecule has 1 rings (SSSR count). The average molecular weight is 282 g/mol. The van der Waals surface area contributed by atoms with Gasteiger partial charge < -0.3 is 15.7 Å². The predicted molar refractivity (Wildman–Crippen MR) is 74.9 cm³/mol. The highest BCUT2D eigenvalue weighted by molar-refractivity contribution is 7.80. The molecule has 0 unspecified atom stereocenters. The Morgan fingerprint density at radius 1 is 1.42 bits per heavy atom. The summed E-state index contributed by atoms with van der Waals surface area (Å²) < 4.78 is 0. The van der Waals surface area contributed by atoms with Crippen LogP contribution in [0.4, 0.5) is 5.69 Å². The molecule has 0 aliphatic heterocycles. The van der Waals surface area contributed by atoms with E-state index in [9.17, 15) is 15.2 Å². The summed E-state index contributed by atoms with van der Waals surface area (Å²) in [5.74, 6) is -0.241. The molecule has 0 fully saturated rings. The van der Waals surface area contributed by atoms with Gasteiger partial charge in [0.25, 0.3) is 5.69 Å². The van der Waals surface area contributed by atoms with Crippen LogP contribution in [0.3, 0.4) is 0 Å². The Hall–Kier alpha value is -1.89. The molecule has 0 bridgehead atoms. The molecule has 19 heavy (non-hydrogen) atoms. The fraction of sp³-hybridized carbons (Fsp3) is 0.417. The summed E-state index contributed by atoms with van der Waals surface area (Å²) in [7, 11) is 0. The Labute approximate surface area is 117 Å². The van der Waals surface area contributed by atoms with Gasteiger partial charge in [0, 0.05) is 25.2 Å². The van der Waals surface area contributed by atoms with Crippen LogP contribution in [0.25, 0.3) is 0 Å². The van der Waals surface area contributed by atoms with Gasteiger partial charge in [-0.15, -0.1) is 5.75 Å². The lowest BCUT2D eigenvalue weighted by Crippen LogP contribution is -2.35. The van der Waals surface area contributed by atoms with Crippen molar-refractivity contribution in [3.8, 4) is 5.75 Å². The van der Waals surface area contributed by atoms with Crippen LogP contribution in [0.2, 0.25) is 0 Å². The number of nitrogens with one attached hydrogen (secondary N) is 2. The van der Waals surface area contributed by atoms with E-state index < -0.39 is 4.92 Å². The number of nitrogens with zero attached hydrogens (tertiary/aromatic N) is 1. The zero-order valence-corrected chi connectivity index (χ0v) is 11.5. The standard InChI is InChI=1S/C12H17N3O3S/c1-2-3-6-13-12(19)14-8-9-7-10(15(17)18)4-5-11(9)16/h4-5,7,16H,2-3,6,8H2,1H3,(H2,13,14,19)/p-1. The smallest absolute Gasteiger partial charge is 0.269 e. The monoisotopic (exact) mass is 282 g/mol. The Kier molecular flexibility index (Phi) is 6.01. The molecular formula is C12H16N3O3S-. The van der Waals surface area contributed by atoms with E-state index in [0.29, 0.717) is 10.7 Å². The zero-order chi connectivity index (χ0) is 14.3. The van der Waals surface area contributed by atoms with Crippen molar-refractivity contribution in [3.63, 3.8) is 0 Å². The number of benzene rings is 1. The molecule has 1 aromatic carbocycles. The Balaban J connectivity index is 2.54. The van der Waals surface area contributed by atoms with Crippen molar-refractivity contribution in [1.29, 1.82) is 0 Å². The molecule has 0 aliphatic carbocycles. The first-order valence-electron chi connectivity index (χ1n) is 6.00. The highest BCUT2D eigenvalue weighted by atomic mass is 32.1. The Morgan fingerprint density at radius 3 is 2.79 bits per heavy atom. The SMILES string of the molecule is CCCCNC(=S)NCc1cc([N+](=O)[O-])ccc1[O-]. The molecule has 0 saturated carbocycles. The van der Waals surface area contributed by atoms with Crippen molar-refractivity contribution in [3.05, 3.63) is 33.9 Å². The first kappa shape index (κ1) is 15.2. The molecule has 6 nitrogen and oxygen atoms in total. The maximum absolute atomic E-state index is 11.5. The molecule has 0 saturated heterocycles. The van der Waals surface area contributed by atoms with Gasteiger partial charge in [-0.3, -0.25) is 10.1 Å². The highest BCUT2D eigenvalue weighted by Crippen LogP contribution is 2.20. The quantitative estimate of drug-likeness (QED) is 0.355. The van der Waals surface area contributed by atoms with Crippen molar-refractivity contribution in [2.75, 3.05) is 6.54 Å². The first-order chi connectivity index (χ1) is 9.04. The van der Waals surface area contributed by atoms with E-state index >= 15 is 0 Å². The summed E-state index contributed by atoms with van der Waals surface area (Å²) in [5.41, 5.74) is 0.232. The summed E-state index contributed by atoms with van der Waals surface area (Å²) in [4.78, 5) is 10.1. The molecule has 0 aliphatic rings. The minimum Gasteiger partial charge on any atom is -0.872 e. The van der Waals surface area contributed by atoms with E-state index in [0.717, 1.165) is 19.4 Å². The number of hydrogen-bond acceptors (Lipinski definition) is 4. The Bertz CT molecular complexity index is 466. The van der Waals surface area contributed by atoms with Gasteiger partial charge in [0.1, 0.15) is 0 Å². The highest BCUT2D eigenvalue weighted by Gasteiger charge is 2.06. The molecule has 0 aromatic heterocycles. The minimum atomic E-state index is -0.527. The predicted octanol–water partition coefficient (Wildman–Crippen LogP) is 1.43. The van der Waals surface area contributed by atoms with Crippen LogP contribution in [0.15, 0.2) is 18.2 Å². The van der Waals surface area contributed by atoms with Gasteiger partial charge in [-0.05, 0) is 24.2 Å². The van der Waals surface area contributed by atoms with Crippen LogP contribution in [-0.2, 0) is 6.54 Å². The van der Waals surface area contributed by atoms with Gasteiger partial charge in [-0.2, -0.15) is 0 Å². The average Bonchev–Trinajstić information content (AvgIpc) is 2.37. The lowest BCUT2D eigenvalue weighted by atomic mass is 10.2. The number of nitro groups is 1. The lowest BCUT2D eigenvalue weighted by Gasteiger charge is -2.15. The number of hydrogen-bond donors (Lipinski definition) is 2. The van der Waals surface area contributed by atoms with E-state index in [1.165, 1.54) is 18.2 Å². The molecule has 0 heterocycles. The zero-order valence-electron chi connectivity index (χ0n) is 10.6. The van der Waals surface area contributed by atoms with E-state index in [1.54, 1.807) is 0 Å². The molecule has 0 radical (unpaired) electrons. The van der Waals surface area contributed by atoms with Crippen molar-refractivity contribution >= 4 is 23.0 Å². The molecule has 2 N–H and O–H groups in total. The third kappa shape index (κ3) is 5.09. The molecule has 7 heteroatoms. The third-order valence-electron chi connectivity index (χ3n) is 2.51. The number of unbranched alkanes of at least 4 members (excludes halogenated alkanes) is 1. The van der Waals surface area contributed by atoms with E-state index in [4.69, 9.17) is 12.2 Å². The Morgan fingerprint density at radius 2 is 2.16 bits per heavy atom. The molecule has 104 valence electrons. The topological polar surface area (TPSA) is 90.3 Å². The number of thiocarbonyl (C=S) groups is 1. The van der Waals surface area contributed by atoms with Gasteiger partial charge in [0.05, 0.1) is 4.92 Å². The second kappa shape index (κ2) is 7.52. The van der Waals surface area contributed by atoms with Crippen LogP contribution in [0.5, 0.6) is 5.75 Å². The first-order valence-corrected chi connectivity index (χ1v) is 6.41. The van der Waals surface area contributed by atoms with Crippen LogP contribution >= 0.6 is 12.2 Å². The number of nitro benzene ring substituents is 1. The summed E-state index contributed by atoms with van der Waals surface area (Å²) in [6.45, 7) is 3.02. The summed E-state index contributed by atoms with van der Waals surface area (Å²) in [6.07, 6.45) is 2.07. The number of non-ortho nitro benzene ring substituents is 1. The van der Waals surface area contributed by atoms with Gasteiger partial charge >= 0.3 is 0 Å². The number of rotatable bonds is 6. The molecular weight excluding hydrogens is 266 g/mol. The van der Waals surface area contributed by atoms with E-state index in [1.807, 2.05) is 0 Å². The van der Waals surface area contributed by atoms with E-state index in [2.05, 4.69) is 17.6 Å². The largest absolute Gasteiger partial charge is 0.872 e. The maximum Gasteiger partial charge on any atom is 0.269 e. The van der Waals surface area contributed by atoms with Crippen molar-refractivity contribution < 1.29 is 10.0 Å². The third-order valence-corrected chi connectivity index (χ3v) is 2.80. The van der Waals surface area contributed by atoms with Gasteiger partial charge in [-0.25, -0.2) is 0 Å². The van der Waals surface area contributed by atoms with Crippen molar-refractivity contribution in [2.24, 2.45) is 0 Å². The summed E-state index contributed by atoms with van der Waals surface area (Å²) in [6, 6.07) is 3.66. The normalized spacial score (nSPS) is 9.95. The van der Waals surface area contributed by atoms with Crippen molar-refractivity contribution in [2.45, 2.75) is 26.3 Å². The van der Waals surface area contributed by atoms with Crippen LogP contribution in [0.1, 0.15) is 25.3 Å². The molecule has 1 aromatic rings. The van der Waals surface area contributed by atoms with Crippen molar-refractivity contribution in [1.82, 2.24) is 10.6 Å². The summed E-state index contributed by atoms with van der Waals surface area (Å²) >= 11 is 5.04. The lowest BCUT2D eigenvalue weighted by molar-refractivity contribution is -0.385. The molecule has 0 spiro atoms. The van der Waals surface area contributed by atoms with E-state index in [-0.39, 0.29) is 18.0 Å². The summed E-state index contributed by atoms with van der Waals surface area (Å²) in [5, 5.41) is 28.5. The second-order valence-corrected chi connectivity index (χ2v) is 4.42. The molecule has 0 atom stereocenters.